The molecular formula is C30H43NO9. The number of hydrogen-bond donors (Lipinski definition) is 7. The Hall–Kier alpha value is -1.73. The van der Waals surface area contributed by atoms with Crippen LogP contribution < -0.4 is 5.73 Å². The van der Waals surface area contributed by atoms with Gasteiger partial charge in [0.2, 0.25) is 0 Å². The third kappa shape index (κ3) is 3.71. The van der Waals surface area contributed by atoms with Gasteiger partial charge in [-0.1, -0.05) is 56.7 Å². The molecule has 4 aliphatic rings. The van der Waals surface area contributed by atoms with Gasteiger partial charge in [-0.25, -0.2) is 4.89 Å². The van der Waals surface area contributed by atoms with E-state index in [2.05, 4.69) is 0 Å². The monoisotopic (exact) mass is 561 g/mol. The van der Waals surface area contributed by atoms with E-state index in [1.165, 1.54) is 0 Å². The minimum Gasteiger partial charge on any atom is -0.392 e. The molecule has 1 aromatic carbocycles. The highest BCUT2D eigenvalue weighted by atomic mass is 17.1. The third-order valence-electron chi connectivity index (χ3n) is 11.4. The third-order valence-corrected chi connectivity index (χ3v) is 11.4. The molecule has 3 aliphatic carbocycles. The van der Waals surface area contributed by atoms with E-state index >= 15 is 0 Å². The first-order chi connectivity index (χ1) is 18.6. The number of ketones is 1. The lowest BCUT2D eigenvalue weighted by molar-refractivity contribution is -0.339. The van der Waals surface area contributed by atoms with Crippen molar-refractivity contribution in [2.24, 2.45) is 34.3 Å². The van der Waals surface area contributed by atoms with Crippen molar-refractivity contribution in [2.75, 3.05) is 6.61 Å². The molecule has 10 heteroatoms. The molecule has 1 aromatic rings. The van der Waals surface area contributed by atoms with Gasteiger partial charge in [0.15, 0.2) is 5.78 Å². The van der Waals surface area contributed by atoms with Gasteiger partial charge >= 0.3 is 0 Å². The van der Waals surface area contributed by atoms with Crippen LogP contribution in [0.4, 0.5) is 0 Å². The summed E-state index contributed by atoms with van der Waals surface area (Å²) in [6.07, 6.45) is -6.39. The predicted octanol–water partition coefficient (Wildman–Crippen LogP) is 1.10. The maximum Gasteiger partial charge on any atom is 0.174 e. The molecule has 2 saturated carbocycles. The standard InChI is InChI=1S/C30H43NO9/c1-14-17(24(40-38)23(34)21(31)16-9-7-6-8-10-16)12-30(37)15(2)25-28(5,18(32)11-19-29(25,36)13-39-19)26(35)22(33)20(14)27(30,3)4/h6-10,15,17-19,21-25,32-34,36-38H,11-13,31H2,1-5H3/t15?,17?,18?,19?,21?,22?,23?,24-,25?,28-,29+,30?/m1/s1. The molecule has 0 radical (unpaired) electrons. The number of aliphatic hydroxyl groups is 5. The van der Waals surface area contributed by atoms with Gasteiger partial charge in [0, 0.05) is 23.7 Å². The molecule has 0 amide bonds. The first kappa shape index (κ1) is 29.8. The molecule has 222 valence electrons. The summed E-state index contributed by atoms with van der Waals surface area (Å²) >= 11 is 0. The fourth-order valence-corrected chi connectivity index (χ4v) is 8.87. The number of carbonyl (C=O) groups is 1. The quantitative estimate of drug-likeness (QED) is 0.156. The Kier molecular flexibility index (Phi) is 7.18. The van der Waals surface area contributed by atoms with Crippen molar-refractivity contribution in [1.29, 1.82) is 0 Å². The Balaban J connectivity index is 1.67. The van der Waals surface area contributed by atoms with Gasteiger partial charge in [0.25, 0.3) is 0 Å². The number of hydrogen-bond acceptors (Lipinski definition) is 10. The summed E-state index contributed by atoms with van der Waals surface area (Å²) in [7, 11) is 0. The topological polar surface area (TPSA) is 183 Å². The van der Waals surface area contributed by atoms with E-state index in [9.17, 15) is 35.6 Å². The predicted molar refractivity (Wildman–Crippen MR) is 144 cm³/mol. The molecule has 0 spiro atoms. The molecule has 40 heavy (non-hydrogen) atoms. The Bertz CT molecular complexity index is 1190. The zero-order valence-electron chi connectivity index (χ0n) is 23.7. The van der Waals surface area contributed by atoms with Gasteiger partial charge in [-0.05, 0) is 37.3 Å². The zero-order chi connectivity index (χ0) is 29.6. The van der Waals surface area contributed by atoms with E-state index in [0.29, 0.717) is 11.1 Å². The summed E-state index contributed by atoms with van der Waals surface area (Å²) in [4.78, 5) is 19.1. The van der Waals surface area contributed by atoms with Crippen LogP contribution in [0.2, 0.25) is 0 Å². The number of nitrogens with two attached hydrogens (primary N) is 1. The van der Waals surface area contributed by atoms with Gasteiger partial charge in [0.1, 0.15) is 23.9 Å². The van der Waals surface area contributed by atoms with Gasteiger partial charge in [0.05, 0.1) is 35.9 Å². The van der Waals surface area contributed by atoms with Crippen molar-refractivity contribution in [3.05, 3.63) is 47.0 Å². The van der Waals surface area contributed by atoms with Crippen molar-refractivity contribution in [3.8, 4) is 0 Å². The van der Waals surface area contributed by atoms with E-state index in [1.54, 1.807) is 58.9 Å². The van der Waals surface area contributed by atoms with Crippen LogP contribution in [0, 0.1) is 28.6 Å². The fraction of sp³-hybridized carbons (Fsp3) is 0.700. The second-order valence-corrected chi connectivity index (χ2v) is 13.3. The van der Waals surface area contributed by atoms with Crippen LogP contribution >= 0.6 is 0 Å². The number of ether oxygens (including phenoxy) is 1. The number of benzene rings is 1. The lowest BCUT2D eigenvalue weighted by Gasteiger charge is -2.67. The van der Waals surface area contributed by atoms with Crippen LogP contribution in [0.25, 0.3) is 0 Å². The Morgan fingerprint density at radius 2 is 1.75 bits per heavy atom. The fourth-order valence-electron chi connectivity index (χ4n) is 8.87. The highest BCUT2D eigenvalue weighted by Crippen LogP contribution is 2.65. The molecule has 1 saturated heterocycles. The van der Waals surface area contributed by atoms with Crippen LogP contribution in [-0.2, 0) is 14.4 Å². The minimum atomic E-state index is -1.72. The van der Waals surface area contributed by atoms with E-state index in [4.69, 9.17) is 15.4 Å². The summed E-state index contributed by atoms with van der Waals surface area (Å²) in [5.74, 6) is -3.25. The van der Waals surface area contributed by atoms with Crippen LogP contribution in [0.5, 0.6) is 0 Å². The lowest BCUT2D eigenvalue weighted by Crippen LogP contribution is -2.78. The average molecular weight is 562 g/mol. The number of carbonyl (C=O) groups excluding carboxylic acids is 1. The Labute approximate surface area is 234 Å². The smallest absolute Gasteiger partial charge is 0.174 e. The van der Waals surface area contributed by atoms with Crippen molar-refractivity contribution >= 4 is 5.78 Å². The molecule has 5 rings (SSSR count). The van der Waals surface area contributed by atoms with Gasteiger partial charge in [-0.2, -0.15) is 0 Å². The Morgan fingerprint density at radius 1 is 1.12 bits per heavy atom. The normalized spacial score (nSPS) is 44.9. The van der Waals surface area contributed by atoms with Crippen molar-refractivity contribution in [1.82, 2.24) is 0 Å². The maximum atomic E-state index is 14.2. The van der Waals surface area contributed by atoms with E-state index in [1.807, 2.05) is 6.07 Å². The van der Waals surface area contributed by atoms with Crippen LogP contribution in [-0.4, -0.2) is 84.9 Å². The minimum absolute atomic E-state index is 0.0289. The molecular weight excluding hydrogens is 518 g/mol. The number of fused-ring (bicyclic) bond motifs is 5. The molecule has 2 bridgehead atoms. The van der Waals surface area contributed by atoms with Crippen LogP contribution in [0.3, 0.4) is 0 Å². The summed E-state index contributed by atoms with van der Waals surface area (Å²) in [5.41, 5.74) is 1.80. The average Bonchev–Trinajstić information content (AvgIpc) is 2.92. The molecule has 1 aliphatic heterocycles. The number of rotatable bonds is 5. The van der Waals surface area contributed by atoms with Crippen molar-refractivity contribution in [2.45, 2.75) is 95.2 Å². The summed E-state index contributed by atoms with van der Waals surface area (Å²) in [6.45, 7) is 8.43. The lowest BCUT2D eigenvalue weighted by atomic mass is 9.42. The van der Waals surface area contributed by atoms with Gasteiger partial charge in [-0.3, -0.25) is 10.1 Å². The molecule has 1 heterocycles. The summed E-state index contributed by atoms with van der Waals surface area (Å²) < 4.78 is 5.59. The number of Topliss-reactive ketones (excluding diaryl/α,β-unsaturated/α-hetero) is 1. The first-order valence-corrected chi connectivity index (χ1v) is 14.1. The first-order valence-electron chi connectivity index (χ1n) is 14.1. The molecule has 0 aromatic heterocycles. The van der Waals surface area contributed by atoms with Gasteiger partial charge in [-0.15, -0.1) is 0 Å². The zero-order valence-corrected chi connectivity index (χ0v) is 23.7. The van der Waals surface area contributed by atoms with Gasteiger partial charge < -0.3 is 36.0 Å². The molecule has 10 nitrogen and oxygen atoms in total. The maximum absolute atomic E-state index is 14.2. The highest BCUT2D eigenvalue weighted by Gasteiger charge is 2.74. The van der Waals surface area contributed by atoms with Crippen molar-refractivity contribution in [3.63, 3.8) is 0 Å². The van der Waals surface area contributed by atoms with Crippen LogP contribution in [0.15, 0.2) is 41.5 Å². The second kappa shape index (κ2) is 9.65. The second-order valence-electron chi connectivity index (χ2n) is 13.3. The van der Waals surface area contributed by atoms with E-state index < -0.39 is 82.1 Å². The summed E-state index contributed by atoms with van der Waals surface area (Å²) in [5, 5.41) is 69.0. The SMILES string of the molecule is CC1=C2C(O)C(=O)[C@]3(C)C(O)CC4OC[C@@]4(O)C3C(C)C(O)(CC1[C@@H](OO)C(O)C(N)c1ccccc1)C2(C)C. The summed E-state index contributed by atoms with van der Waals surface area (Å²) in [6, 6.07) is 7.90. The van der Waals surface area contributed by atoms with Crippen molar-refractivity contribution < 1.29 is 45.2 Å². The number of aliphatic hydroxyl groups excluding tert-OH is 3. The largest absolute Gasteiger partial charge is 0.392 e. The Morgan fingerprint density at radius 3 is 2.30 bits per heavy atom. The van der Waals surface area contributed by atoms with E-state index in [-0.39, 0.29) is 25.0 Å². The molecule has 9 unspecified atom stereocenters. The highest BCUT2D eigenvalue weighted by molar-refractivity contribution is 5.93. The van der Waals surface area contributed by atoms with E-state index in [0.717, 1.165) is 0 Å². The molecule has 3 fully saturated rings. The van der Waals surface area contributed by atoms with Crippen LogP contribution in [0.1, 0.15) is 59.1 Å². The molecule has 12 atom stereocenters. The molecule has 8 N–H and O–H groups in total.